The van der Waals surface area contributed by atoms with E-state index >= 15 is 0 Å². The monoisotopic (exact) mass is 408 g/mol. The first-order valence-corrected chi connectivity index (χ1v) is 9.34. The van der Waals surface area contributed by atoms with E-state index in [9.17, 15) is 8.78 Å². The van der Waals surface area contributed by atoms with Crippen LogP contribution in [0.3, 0.4) is 0 Å². The molecule has 1 aromatic rings. The molecule has 0 saturated carbocycles. The minimum absolute atomic E-state index is 0.109. The number of aliphatic imine (C=N–C) groups is 1. The number of nitrogens with zero attached hydrogens (tertiary/aromatic N) is 4. The second-order valence-corrected chi connectivity index (χ2v) is 6.44. The summed E-state index contributed by atoms with van der Waals surface area (Å²) in [5, 5.41) is 6.06. The fraction of sp³-hybridized carbons (Fsp3) is 0.450. The van der Waals surface area contributed by atoms with Crippen molar-refractivity contribution in [1.29, 1.82) is 0 Å². The number of nitrogens with one attached hydrogen (secondary N) is 2. The zero-order valence-electron chi connectivity index (χ0n) is 17.6. The van der Waals surface area contributed by atoms with Crippen molar-refractivity contribution in [2.45, 2.75) is 33.2 Å². The molecule has 0 aromatic carbocycles. The van der Waals surface area contributed by atoms with Crippen molar-refractivity contribution in [2.24, 2.45) is 4.99 Å². The molecule has 0 saturated heterocycles. The van der Waals surface area contributed by atoms with Gasteiger partial charge in [-0.3, -0.25) is 0 Å². The number of anilines is 3. The molecule has 0 aliphatic rings. The second-order valence-electron chi connectivity index (χ2n) is 6.44. The van der Waals surface area contributed by atoms with E-state index in [1.165, 1.54) is 12.4 Å². The predicted octanol–water partition coefficient (Wildman–Crippen LogP) is 4.45. The number of methoxy groups -OCH3 is 1. The van der Waals surface area contributed by atoms with Gasteiger partial charge in [-0.25, -0.2) is 18.8 Å². The minimum atomic E-state index is -0.784. The van der Waals surface area contributed by atoms with Crippen molar-refractivity contribution in [3.8, 4) is 0 Å². The standard InChI is InChI=1S/C20H30F2N6O/c1-6-7-9-16(22)17(12-21)24-14-25-18-13-23-20(26-15(2)3)27-19(18)28(4)10-8-11-29-5/h6-7,9,12-15H,8,10-11H2,1-5H3,(H,24,25)(H,23,26,27)/b7-6-,16-9+,17-12-. The summed E-state index contributed by atoms with van der Waals surface area (Å²) in [5.41, 5.74) is 0.128. The highest BCUT2D eigenvalue weighted by Crippen LogP contribution is 2.23. The molecule has 1 aromatic heterocycles. The molecule has 0 spiro atoms. The molecule has 0 atom stereocenters. The molecular weight excluding hydrogens is 378 g/mol. The van der Waals surface area contributed by atoms with Crippen LogP contribution in [0.15, 0.2) is 47.3 Å². The molecule has 0 unspecified atom stereocenters. The van der Waals surface area contributed by atoms with Crippen molar-refractivity contribution in [1.82, 2.24) is 9.97 Å². The lowest BCUT2D eigenvalue weighted by atomic mass is 10.3. The van der Waals surface area contributed by atoms with Crippen LogP contribution < -0.4 is 15.5 Å². The van der Waals surface area contributed by atoms with Crippen LogP contribution >= 0.6 is 0 Å². The van der Waals surface area contributed by atoms with Gasteiger partial charge >= 0.3 is 0 Å². The highest BCUT2D eigenvalue weighted by Gasteiger charge is 2.12. The molecule has 0 aliphatic carbocycles. The molecule has 0 radical (unpaired) electrons. The maximum Gasteiger partial charge on any atom is 0.224 e. The summed E-state index contributed by atoms with van der Waals surface area (Å²) in [5.74, 6) is 0.329. The van der Waals surface area contributed by atoms with Gasteiger partial charge in [0, 0.05) is 33.4 Å². The lowest BCUT2D eigenvalue weighted by Crippen LogP contribution is -2.23. The van der Waals surface area contributed by atoms with E-state index < -0.39 is 11.5 Å². The van der Waals surface area contributed by atoms with Crippen molar-refractivity contribution in [2.75, 3.05) is 42.8 Å². The molecule has 0 amide bonds. The first-order chi connectivity index (χ1) is 13.9. The minimum Gasteiger partial charge on any atom is -0.385 e. The third-order valence-corrected chi connectivity index (χ3v) is 3.60. The first kappa shape index (κ1) is 24.2. The van der Waals surface area contributed by atoms with Gasteiger partial charge in [0.25, 0.3) is 0 Å². The SMILES string of the molecule is C\C=C/C=C(F)\C(=C\F)N=CNc1cnc(NC(C)C)nc1N(C)CCCOC. The van der Waals surface area contributed by atoms with Gasteiger partial charge in [0.2, 0.25) is 5.95 Å². The van der Waals surface area contributed by atoms with Crippen LogP contribution in [0.4, 0.5) is 26.2 Å². The number of aromatic nitrogens is 2. The summed E-state index contributed by atoms with van der Waals surface area (Å²) >= 11 is 0. The summed E-state index contributed by atoms with van der Waals surface area (Å²) in [6, 6.07) is 0.172. The second kappa shape index (κ2) is 13.4. The van der Waals surface area contributed by atoms with E-state index in [1.807, 2.05) is 25.8 Å². The van der Waals surface area contributed by atoms with E-state index in [1.54, 1.807) is 26.3 Å². The largest absolute Gasteiger partial charge is 0.385 e. The van der Waals surface area contributed by atoms with E-state index in [-0.39, 0.29) is 12.4 Å². The molecule has 29 heavy (non-hydrogen) atoms. The molecular formula is C20H30F2N6O. The number of allylic oxidation sites excluding steroid dienone is 4. The topological polar surface area (TPSA) is 74.7 Å². The average molecular weight is 408 g/mol. The van der Waals surface area contributed by atoms with Crippen LogP contribution in [-0.2, 0) is 4.74 Å². The summed E-state index contributed by atoms with van der Waals surface area (Å²) in [7, 11) is 3.55. The average Bonchev–Trinajstić information content (AvgIpc) is 2.69. The Morgan fingerprint density at radius 2 is 2.17 bits per heavy atom. The Bertz CT molecular complexity index is 746. The zero-order chi connectivity index (χ0) is 21.6. The number of halogens is 2. The Morgan fingerprint density at radius 1 is 1.41 bits per heavy atom. The third-order valence-electron chi connectivity index (χ3n) is 3.60. The van der Waals surface area contributed by atoms with Crippen LogP contribution in [0.25, 0.3) is 0 Å². The van der Waals surface area contributed by atoms with Gasteiger partial charge in [-0.05, 0) is 33.3 Å². The highest BCUT2D eigenvalue weighted by atomic mass is 19.1. The third kappa shape index (κ3) is 8.82. The summed E-state index contributed by atoms with van der Waals surface area (Å²) in [4.78, 5) is 14.6. The Labute approximate surface area is 171 Å². The van der Waals surface area contributed by atoms with Gasteiger partial charge in [-0.2, -0.15) is 4.98 Å². The fourth-order valence-electron chi connectivity index (χ4n) is 2.22. The highest BCUT2D eigenvalue weighted by molar-refractivity contribution is 5.82. The van der Waals surface area contributed by atoms with Gasteiger partial charge in [0.15, 0.2) is 11.6 Å². The number of hydrogen-bond donors (Lipinski definition) is 2. The van der Waals surface area contributed by atoms with Gasteiger partial charge in [-0.1, -0.05) is 12.2 Å². The maximum absolute atomic E-state index is 13.8. The van der Waals surface area contributed by atoms with Gasteiger partial charge in [0.1, 0.15) is 17.7 Å². The van der Waals surface area contributed by atoms with Gasteiger partial charge < -0.3 is 20.3 Å². The fourth-order valence-corrected chi connectivity index (χ4v) is 2.22. The van der Waals surface area contributed by atoms with E-state index in [0.717, 1.165) is 12.5 Å². The molecule has 0 bridgehead atoms. The lowest BCUT2D eigenvalue weighted by Gasteiger charge is -2.21. The summed E-state index contributed by atoms with van der Waals surface area (Å²) in [6.07, 6.45) is 7.94. The molecule has 0 aliphatic heterocycles. The van der Waals surface area contributed by atoms with Crippen LogP contribution in [0.5, 0.6) is 0 Å². The number of ether oxygens (including phenoxy) is 1. The van der Waals surface area contributed by atoms with E-state index in [0.29, 0.717) is 30.6 Å². The zero-order valence-corrected chi connectivity index (χ0v) is 17.6. The predicted molar refractivity (Wildman–Crippen MR) is 116 cm³/mol. The normalized spacial score (nSPS) is 13.0. The van der Waals surface area contributed by atoms with Crippen LogP contribution in [0.1, 0.15) is 27.2 Å². The Hall–Kier alpha value is -2.81. The Kier molecular flexibility index (Phi) is 11.2. The molecule has 0 fully saturated rings. The molecule has 9 heteroatoms. The maximum atomic E-state index is 13.8. The van der Waals surface area contributed by atoms with E-state index in [2.05, 4.69) is 25.6 Å². The molecule has 1 heterocycles. The number of hydrogen-bond acceptors (Lipinski definition) is 6. The molecule has 7 nitrogen and oxygen atoms in total. The van der Waals surface area contributed by atoms with Crippen molar-refractivity contribution in [3.05, 3.63) is 42.3 Å². The Balaban J connectivity index is 3.03. The van der Waals surface area contributed by atoms with E-state index in [4.69, 9.17) is 4.74 Å². The Morgan fingerprint density at radius 3 is 2.79 bits per heavy atom. The van der Waals surface area contributed by atoms with Gasteiger partial charge in [-0.15, -0.1) is 0 Å². The van der Waals surface area contributed by atoms with Crippen LogP contribution in [-0.4, -0.2) is 49.7 Å². The summed E-state index contributed by atoms with van der Waals surface area (Å²) in [6.45, 7) is 7.04. The molecule has 1 rings (SSSR count). The number of rotatable bonds is 12. The summed E-state index contributed by atoms with van der Waals surface area (Å²) < 4.78 is 31.9. The lowest BCUT2D eigenvalue weighted by molar-refractivity contribution is 0.196. The quantitative estimate of drug-likeness (QED) is 0.230. The van der Waals surface area contributed by atoms with Crippen molar-refractivity contribution < 1.29 is 13.5 Å². The van der Waals surface area contributed by atoms with Crippen molar-refractivity contribution in [3.63, 3.8) is 0 Å². The smallest absolute Gasteiger partial charge is 0.224 e. The molecule has 160 valence electrons. The molecule has 2 N–H and O–H groups in total. The van der Waals surface area contributed by atoms with Crippen molar-refractivity contribution >= 4 is 23.8 Å². The van der Waals surface area contributed by atoms with Crippen LogP contribution in [0, 0.1) is 0 Å². The van der Waals surface area contributed by atoms with Gasteiger partial charge in [0.05, 0.1) is 12.5 Å². The van der Waals surface area contributed by atoms with Crippen LogP contribution in [0.2, 0.25) is 0 Å². The first-order valence-electron chi connectivity index (χ1n) is 9.34.